The van der Waals surface area contributed by atoms with E-state index in [4.69, 9.17) is 0 Å². The van der Waals surface area contributed by atoms with Crippen LogP contribution in [0.25, 0.3) is 0 Å². The van der Waals surface area contributed by atoms with Gasteiger partial charge in [0.1, 0.15) is 5.60 Å². The van der Waals surface area contributed by atoms with Crippen molar-refractivity contribution in [2.75, 3.05) is 0 Å². The molecule has 0 spiro atoms. The van der Waals surface area contributed by atoms with E-state index in [0.29, 0.717) is 6.42 Å². The summed E-state index contributed by atoms with van der Waals surface area (Å²) >= 11 is 0. The van der Waals surface area contributed by atoms with Gasteiger partial charge in [0, 0.05) is 11.3 Å². The van der Waals surface area contributed by atoms with Crippen molar-refractivity contribution in [3.05, 3.63) is 35.9 Å². The molecule has 0 heterocycles. The molecule has 1 aromatic rings. The van der Waals surface area contributed by atoms with Gasteiger partial charge in [0.25, 0.3) is 0 Å². The van der Waals surface area contributed by atoms with Crippen LogP contribution in [0.2, 0.25) is 0 Å². The maximum Gasteiger partial charge on any atom is 0.170 e. The second kappa shape index (κ2) is 3.42. The SMILES string of the molecule is CC1(C)C[C@@H](c2ccccc2)[C@@](C)(O)C1=O. The van der Waals surface area contributed by atoms with E-state index in [9.17, 15) is 9.90 Å². The minimum Gasteiger partial charge on any atom is -0.382 e. The fourth-order valence-corrected chi connectivity index (χ4v) is 2.77. The topological polar surface area (TPSA) is 37.3 Å². The highest BCUT2D eigenvalue weighted by Gasteiger charge is 2.54. The fourth-order valence-electron chi connectivity index (χ4n) is 2.77. The standard InChI is InChI=1S/C14H18O2/c1-13(2)9-11(14(3,16)12(13)15)10-7-5-4-6-8-10/h4-8,11,16H,9H2,1-3H3/t11-,14+/m0/s1. The highest BCUT2D eigenvalue weighted by Crippen LogP contribution is 2.49. The maximum absolute atomic E-state index is 12.1. The molecule has 2 heteroatoms. The maximum atomic E-state index is 12.1. The van der Waals surface area contributed by atoms with Gasteiger partial charge in [-0.2, -0.15) is 0 Å². The predicted molar refractivity (Wildman–Crippen MR) is 63.2 cm³/mol. The predicted octanol–water partition coefficient (Wildman–Crippen LogP) is 2.52. The molecule has 2 rings (SSSR count). The van der Waals surface area contributed by atoms with Crippen LogP contribution in [0.4, 0.5) is 0 Å². The summed E-state index contributed by atoms with van der Waals surface area (Å²) in [5, 5.41) is 10.4. The van der Waals surface area contributed by atoms with Crippen molar-refractivity contribution in [2.45, 2.75) is 38.7 Å². The third-order valence-electron chi connectivity index (χ3n) is 3.67. The number of hydrogen-bond donors (Lipinski definition) is 1. The third-order valence-corrected chi connectivity index (χ3v) is 3.67. The van der Waals surface area contributed by atoms with Crippen LogP contribution in [0.1, 0.15) is 38.7 Å². The van der Waals surface area contributed by atoms with E-state index in [0.717, 1.165) is 5.56 Å². The minimum atomic E-state index is -1.23. The number of benzene rings is 1. The normalized spacial score (nSPS) is 33.0. The second-order valence-corrected chi connectivity index (χ2v) is 5.53. The summed E-state index contributed by atoms with van der Waals surface area (Å²) < 4.78 is 0. The van der Waals surface area contributed by atoms with Crippen LogP contribution < -0.4 is 0 Å². The van der Waals surface area contributed by atoms with Crippen LogP contribution >= 0.6 is 0 Å². The molecule has 1 N–H and O–H groups in total. The molecule has 1 aromatic carbocycles. The van der Waals surface area contributed by atoms with Crippen LogP contribution in [0.15, 0.2) is 30.3 Å². The molecule has 0 radical (unpaired) electrons. The summed E-state index contributed by atoms with van der Waals surface area (Å²) in [6.45, 7) is 5.46. The van der Waals surface area contributed by atoms with Gasteiger partial charge in [-0.15, -0.1) is 0 Å². The summed E-state index contributed by atoms with van der Waals surface area (Å²) in [6.07, 6.45) is 0.711. The third kappa shape index (κ3) is 1.57. The number of carbonyl (C=O) groups excluding carboxylic acids is 1. The zero-order chi connectivity index (χ0) is 12.0. The van der Waals surface area contributed by atoms with Gasteiger partial charge in [0.05, 0.1) is 0 Å². The van der Waals surface area contributed by atoms with E-state index in [1.807, 2.05) is 44.2 Å². The van der Waals surface area contributed by atoms with Crippen molar-refractivity contribution in [1.82, 2.24) is 0 Å². The van der Waals surface area contributed by atoms with Gasteiger partial charge >= 0.3 is 0 Å². The van der Waals surface area contributed by atoms with Crippen molar-refractivity contribution in [3.63, 3.8) is 0 Å². The van der Waals surface area contributed by atoms with Gasteiger partial charge in [-0.05, 0) is 18.9 Å². The highest BCUT2D eigenvalue weighted by molar-refractivity contribution is 5.95. The van der Waals surface area contributed by atoms with Gasteiger partial charge in [-0.3, -0.25) is 4.79 Å². The van der Waals surface area contributed by atoms with Crippen molar-refractivity contribution < 1.29 is 9.90 Å². The number of rotatable bonds is 1. The Balaban J connectivity index is 2.42. The van der Waals surface area contributed by atoms with E-state index in [1.54, 1.807) is 6.92 Å². The fraction of sp³-hybridized carbons (Fsp3) is 0.500. The molecular weight excluding hydrogens is 200 g/mol. The summed E-state index contributed by atoms with van der Waals surface area (Å²) in [7, 11) is 0. The first-order valence-corrected chi connectivity index (χ1v) is 5.68. The Kier molecular flexibility index (Phi) is 2.43. The molecule has 1 fully saturated rings. The van der Waals surface area contributed by atoms with Crippen LogP contribution in [0.5, 0.6) is 0 Å². The minimum absolute atomic E-state index is 0.0474. The first kappa shape index (κ1) is 11.3. The lowest BCUT2D eigenvalue weighted by atomic mass is 9.86. The van der Waals surface area contributed by atoms with E-state index in [-0.39, 0.29) is 11.7 Å². The summed E-state index contributed by atoms with van der Waals surface area (Å²) in [5.74, 6) is -0.134. The number of carbonyl (C=O) groups is 1. The number of ketones is 1. The summed E-state index contributed by atoms with van der Waals surface area (Å²) in [6, 6.07) is 9.80. The molecule has 86 valence electrons. The molecule has 0 amide bonds. The Morgan fingerprint density at radius 1 is 1.19 bits per heavy atom. The summed E-state index contributed by atoms with van der Waals surface area (Å²) in [4.78, 5) is 12.1. The van der Waals surface area contributed by atoms with Gasteiger partial charge in [-0.1, -0.05) is 44.2 Å². The Labute approximate surface area is 96.3 Å². The van der Waals surface area contributed by atoms with Crippen LogP contribution in [-0.2, 0) is 4.79 Å². The molecule has 1 aliphatic carbocycles. The monoisotopic (exact) mass is 218 g/mol. The zero-order valence-corrected chi connectivity index (χ0v) is 10.0. The molecule has 2 nitrogen and oxygen atoms in total. The average molecular weight is 218 g/mol. The molecule has 0 bridgehead atoms. The van der Waals surface area contributed by atoms with Crippen molar-refractivity contribution in [3.8, 4) is 0 Å². The Bertz CT molecular complexity index is 404. The van der Waals surface area contributed by atoms with Gasteiger partial charge in [0.2, 0.25) is 0 Å². The molecule has 0 unspecified atom stereocenters. The van der Waals surface area contributed by atoms with Crippen molar-refractivity contribution >= 4 is 5.78 Å². The van der Waals surface area contributed by atoms with Gasteiger partial charge in [-0.25, -0.2) is 0 Å². The second-order valence-electron chi connectivity index (χ2n) is 5.53. The zero-order valence-electron chi connectivity index (χ0n) is 10.0. The molecule has 16 heavy (non-hydrogen) atoms. The quantitative estimate of drug-likeness (QED) is 0.786. The lowest BCUT2D eigenvalue weighted by Crippen LogP contribution is -2.38. The average Bonchev–Trinajstić information content (AvgIpc) is 2.40. The first-order valence-electron chi connectivity index (χ1n) is 5.68. The van der Waals surface area contributed by atoms with Crippen molar-refractivity contribution in [1.29, 1.82) is 0 Å². The highest BCUT2D eigenvalue weighted by atomic mass is 16.3. The molecule has 0 aromatic heterocycles. The molecule has 1 aliphatic rings. The number of aliphatic hydroxyl groups is 1. The first-order chi connectivity index (χ1) is 7.36. The van der Waals surface area contributed by atoms with Crippen LogP contribution in [-0.4, -0.2) is 16.5 Å². The van der Waals surface area contributed by atoms with Crippen molar-refractivity contribution in [2.24, 2.45) is 5.41 Å². The lowest BCUT2D eigenvalue weighted by molar-refractivity contribution is -0.138. The van der Waals surface area contributed by atoms with E-state index in [1.165, 1.54) is 0 Å². The van der Waals surface area contributed by atoms with E-state index in [2.05, 4.69) is 0 Å². The molecule has 2 atom stereocenters. The molecular formula is C14H18O2. The largest absolute Gasteiger partial charge is 0.382 e. The lowest BCUT2D eigenvalue weighted by Gasteiger charge is -2.24. The van der Waals surface area contributed by atoms with E-state index >= 15 is 0 Å². The summed E-state index contributed by atoms with van der Waals surface area (Å²) in [5.41, 5.74) is -0.610. The Hall–Kier alpha value is -1.15. The molecule has 0 saturated heterocycles. The number of Topliss-reactive ketones (excluding diaryl/α,β-unsaturated/α-hetero) is 1. The Morgan fingerprint density at radius 2 is 1.75 bits per heavy atom. The van der Waals surface area contributed by atoms with Gasteiger partial charge < -0.3 is 5.11 Å². The van der Waals surface area contributed by atoms with E-state index < -0.39 is 11.0 Å². The Morgan fingerprint density at radius 3 is 2.19 bits per heavy atom. The molecule has 0 aliphatic heterocycles. The van der Waals surface area contributed by atoms with Crippen LogP contribution in [0, 0.1) is 5.41 Å². The smallest absolute Gasteiger partial charge is 0.170 e. The molecule has 1 saturated carbocycles. The van der Waals surface area contributed by atoms with Gasteiger partial charge in [0.15, 0.2) is 5.78 Å². The number of hydrogen-bond acceptors (Lipinski definition) is 2. The van der Waals surface area contributed by atoms with Crippen LogP contribution in [0.3, 0.4) is 0 Å².